The molecule has 0 heterocycles. The van der Waals surface area contributed by atoms with Crippen molar-refractivity contribution >= 4 is 0 Å². The number of rotatable bonds is 2. The molecule has 0 aliphatic carbocycles. The molecule has 1 nitrogen and oxygen atoms in total. The van der Waals surface area contributed by atoms with E-state index in [1.54, 1.807) is 0 Å². The molecule has 0 spiro atoms. The zero-order chi connectivity index (χ0) is 8.20. The third-order valence-electron chi connectivity index (χ3n) is 0.742. The van der Waals surface area contributed by atoms with Crippen LogP contribution in [0, 0.1) is 6.57 Å². The van der Waals surface area contributed by atoms with Gasteiger partial charge >= 0.3 is 6.18 Å². The van der Waals surface area contributed by atoms with E-state index in [9.17, 15) is 17.6 Å². The summed E-state index contributed by atoms with van der Waals surface area (Å²) in [6.07, 6.45) is -8.09. The number of nitrogens with zero attached hydrogens (tertiary/aromatic N) is 1. The fourth-order valence-corrected chi connectivity index (χ4v) is 0.415. The smallest absolute Gasteiger partial charge is 0.314 e. The first kappa shape index (κ1) is 9.21. The van der Waals surface area contributed by atoms with E-state index in [-0.39, 0.29) is 0 Å². The zero-order valence-corrected chi connectivity index (χ0v) is 4.95. The van der Waals surface area contributed by atoms with Gasteiger partial charge in [-0.2, -0.15) is 13.2 Å². The highest BCUT2D eigenvalue weighted by Gasteiger charge is 2.33. The lowest BCUT2D eigenvalue weighted by Crippen LogP contribution is -2.17. The van der Waals surface area contributed by atoms with Crippen LogP contribution in [0.2, 0.25) is 0 Å². The maximum atomic E-state index is 12.0. The molecule has 58 valence electrons. The summed E-state index contributed by atoms with van der Waals surface area (Å²) in [6.45, 7) is 5.35. The monoisotopic (exact) mass is 155 g/mol. The van der Waals surface area contributed by atoms with Crippen molar-refractivity contribution in [2.24, 2.45) is 0 Å². The van der Waals surface area contributed by atoms with Crippen LogP contribution in [0.25, 0.3) is 4.85 Å². The molecule has 0 aliphatic rings. The topological polar surface area (TPSA) is 4.36 Å². The van der Waals surface area contributed by atoms with Crippen LogP contribution >= 0.6 is 0 Å². The molecule has 0 fully saturated rings. The molecule has 0 aliphatic heterocycles. The van der Waals surface area contributed by atoms with Crippen LogP contribution in [0.3, 0.4) is 0 Å². The Balaban J connectivity index is 3.60. The summed E-state index contributed by atoms with van der Waals surface area (Å²) in [7, 11) is 0. The summed E-state index contributed by atoms with van der Waals surface area (Å²) in [4.78, 5) is 2.49. The Kier molecular flexibility index (Phi) is 3.13. The lowest BCUT2D eigenvalue weighted by molar-refractivity contribution is -0.144. The molecular weight excluding hydrogens is 150 g/mol. The lowest BCUT2D eigenvalue weighted by atomic mass is 10.3. The largest absolute Gasteiger partial charge is 0.392 e. The molecule has 0 aromatic heterocycles. The first-order valence-electron chi connectivity index (χ1n) is 2.50. The average Bonchev–Trinajstić information content (AvgIpc) is 1.59. The van der Waals surface area contributed by atoms with Gasteiger partial charge in [0, 0.05) is 0 Å². The van der Waals surface area contributed by atoms with Gasteiger partial charge in [-0.05, 0) is 0 Å². The number of alkyl halides is 4. The molecule has 1 unspecified atom stereocenters. The highest BCUT2D eigenvalue weighted by molar-refractivity contribution is 4.71. The molecule has 10 heavy (non-hydrogen) atoms. The Morgan fingerprint density at radius 2 is 1.90 bits per heavy atom. The van der Waals surface area contributed by atoms with Gasteiger partial charge in [-0.3, -0.25) is 0 Å². The fourth-order valence-electron chi connectivity index (χ4n) is 0.415. The van der Waals surface area contributed by atoms with Gasteiger partial charge in [-0.15, -0.1) is 0 Å². The molecule has 0 aromatic rings. The Labute approximate surface area is 55.5 Å². The lowest BCUT2D eigenvalue weighted by Gasteiger charge is -2.05. The molecule has 0 N–H and O–H groups in total. The van der Waals surface area contributed by atoms with Crippen LogP contribution in [-0.4, -0.2) is 18.9 Å². The Hall–Kier alpha value is -0.790. The van der Waals surface area contributed by atoms with Crippen molar-refractivity contribution < 1.29 is 17.6 Å². The van der Waals surface area contributed by atoms with Crippen LogP contribution in [0.5, 0.6) is 0 Å². The van der Waals surface area contributed by atoms with Crippen molar-refractivity contribution in [1.82, 2.24) is 0 Å². The maximum Gasteiger partial charge on any atom is 0.392 e. The van der Waals surface area contributed by atoms with E-state index >= 15 is 0 Å². The molecule has 1 atom stereocenters. The summed E-state index contributed by atoms with van der Waals surface area (Å²) in [5.41, 5.74) is 0. The van der Waals surface area contributed by atoms with Crippen LogP contribution in [-0.2, 0) is 0 Å². The van der Waals surface area contributed by atoms with Crippen LogP contribution in [0.15, 0.2) is 0 Å². The molecule has 0 aromatic carbocycles. The highest BCUT2D eigenvalue weighted by Crippen LogP contribution is 2.22. The van der Waals surface area contributed by atoms with Gasteiger partial charge in [0.05, 0.1) is 6.42 Å². The Morgan fingerprint density at radius 3 is 2.20 bits per heavy atom. The van der Waals surface area contributed by atoms with Crippen molar-refractivity contribution in [3.63, 3.8) is 0 Å². The summed E-state index contributed by atoms with van der Waals surface area (Å²) in [5.74, 6) is 0. The van der Waals surface area contributed by atoms with Gasteiger partial charge in [-0.25, -0.2) is 11.0 Å². The number of halogens is 4. The number of hydrogen-bond acceptors (Lipinski definition) is 0. The molecule has 0 saturated carbocycles. The molecular formula is C5H5F4N. The van der Waals surface area contributed by atoms with Gasteiger partial charge in [0.15, 0.2) is 6.17 Å². The van der Waals surface area contributed by atoms with E-state index in [1.807, 2.05) is 0 Å². The predicted octanol–water partition coefficient (Wildman–Crippen LogP) is 2.20. The second-order valence-corrected chi connectivity index (χ2v) is 1.76. The molecule has 5 heteroatoms. The Bertz CT molecular complexity index is 134. The normalized spacial score (nSPS) is 14.3. The van der Waals surface area contributed by atoms with E-state index in [4.69, 9.17) is 6.57 Å². The minimum absolute atomic E-state index is 0.709. The van der Waals surface area contributed by atoms with Crippen LogP contribution < -0.4 is 0 Å². The van der Waals surface area contributed by atoms with Crippen molar-refractivity contribution in [1.29, 1.82) is 0 Å². The van der Waals surface area contributed by atoms with E-state index in [0.717, 1.165) is 0 Å². The van der Waals surface area contributed by atoms with Gasteiger partial charge in [0.2, 0.25) is 6.54 Å². The molecule has 0 bridgehead atoms. The van der Waals surface area contributed by atoms with E-state index in [1.165, 1.54) is 0 Å². The molecule has 0 rings (SSSR count). The van der Waals surface area contributed by atoms with Crippen molar-refractivity contribution in [3.8, 4) is 0 Å². The summed E-state index contributed by atoms with van der Waals surface area (Å²) >= 11 is 0. The SMILES string of the molecule is [C-]#[N+]CC(F)CC(F)(F)F. The van der Waals surface area contributed by atoms with Crippen LogP contribution in [0.4, 0.5) is 17.6 Å². The second-order valence-electron chi connectivity index (χ2n) is 1.76. The molecule has 0 saturated heterocycles. The molecule has 0 amide bonds. The van der Waals surface area contributed by atoms with Crippen LogP contribution in [0.1, 0.15) is 6.42 Å². The van der Waals surface area contributed by atoms with Gasteiger partial charge in [-0.1, -0.05) is 0 Å². The minimum Gasteiger partial charge on any atom is -0.314 e. The first-order chi connectivity index (χ1) is 4.45. The van der Waals surface area contributed by atoms with Gasteiger partial charge in [0.1, 0.15) is 0 Å². The summed E-state index contributed by atoms with van der Waals surface area (Å²) in [5, 5.41) is 0. The zero-order valence-electron chi connectivity index (χ0n) is 4.95. The maximum absolute atomic E-state index is 12.0. The third kappa shape index (κ3) is 5.35. The third-order valence-corrected chi connectivity index (χ3v) is 0.742. The first-order valence-corrected chi connectivity index (χ1v) is 2.50. The average molecular weight is 155 g/mol. The Morgan fingerprint density at radius 1 is 1.40 bits per heavy atom. The fraction of sp³-hybridized carbons (Fsp3) is 0.800. The molecule has 0 radical (unpaired) electrons. The predicted molar refractivity (Wildman–Crippen MR) is 27.0 cm³/mol. The minimum atomic E-state index is -4.50. The standard InChI is InChI=1S/C5H5F4N/c1-10-3-4(6)2-5(7,8)9/h4H,2-3H2. The second kappa shape index (κ2) is 3.40. The summed E-state index contributed by atoms with van der Waals surface area (Å²) < 4.78 is 45.8. The van der Waals surface area contributed by atoms with Crippen molar-refractivity contribution in [2.45, 2.75) is 18.8 Å². The van der Waals surface area contributed by atoms with Crippen molar-refractivity contribution in [2.75, 3.05) is 6.54 Å². The quantitative estimate of drug-likeness (QED) is 0.425. The van der Waals surface area contributed by atoms with Gasteiger partial charge in [0.25, 0.3) is 0 Å². The highest BCUT2D eigenvalue weighted by atomic mass is 19.4. The number of hydrogen-bond donors (Lipinski definition) is 0. The summed E-state index contributed by atoms with van der Waals surface area (Å²) in [6, 6.07) is 0. The van der Waals surface area contributed by atoms with Crippen molar-refractivity contribution in [3.05, 3.63) is 11.4 Å². The van der Waals surface area contributed by atoms with E-state index in [2.05, 4.69) is 4.85 Å². The van der Waals surface area contributed by atoms with E-state index < -0.39 is 25.3 Å². The van der Waals surface area contributed by atoms with Gasteiger partial charge < -0.3 is 4.85 Å². The van der Waals surface area contributed by atoms with E-state index in [0.29, 0.717) is 0 Å².